The zero-order chi connectivity index (χ0) is 17.5. The molecule has 0 atom stereocenters. The van der Waals surface area contributed by atoms with Crippen LogP contribution in [0.4, 0.5) is 13.2 Å². The van der Waals surface area contributed by atoms with Crippen LogP contribution in [0.3, 0.4) is 0 Å². The van der Waals surface area contributed by atoms with E-state index in [4.69, 9.17) is 0 Å². The second kappa shape index (κ2) is 5.62. The SMILES string of the molecule is Cc1cc(C(F)(F)F)n2nc(C(=O)NCc3cnn(C)c3)cc2n1. The van der Waals surface area contributed by atoms with Gasteiger partial charge < -0.3 is 5.32 Å². The van der Waals surface area contributed by atoms with Crippen LogP contribution < -0.4 is 5.32 Å². The lowest BCUT2D eigenvalue weighted by molar-refractivity contribution is -0.142. The van der Waals surface area contributed by atoms with Crippen LogP contribution in [0.2, 0.25) is 0 Å². The van der Waals surface area contributed by atoms with Gasteiger partial charge in [-0.15, -0.1) is 0 Å². The Labute approximate surface area is 134 Å². The second-order valence-electron chi connectivity index (χ2n) is 5.29. The minimum absolute atomic E-state index is 0.0335. The van der Waals surface area contributed by atoms with Crippen molar-refractivity contribution in [2.24, 2.45) is 7.05 Å². The predicted octanol–water partition coefficient (Wildman–Crippen LogP) is 1.72. The van der Waals surface area contributed by atoms with E-state index in [9.17, 15) is 18.0 Å². The molecule has 0 fully saturated rings. The molecule has 0 radical (unpaired) electrons. The molecule has 3 heterocycles. The molecule has 0 saturated carbocycles. The molecule has 126 valence electrons. The smallest absolute Gasteiger partial charge is 0.346 e. The van der Waals surface area contributed by atoms with Crippen molar-refractivity contribution < 1.29 is 18.0 Å². The van der Waals surface area contributed by atoms with E-state index in [-0.39, 0.29) is 23.6 Å². The van der Waals surface area contributed by atoms with Gasteiger partial charge in [-0.1, -0.05) is 0 Å². The Bertz CT molecular complexity index is 911. The topological polar surface area (TPSA) is 77.1 Å². The van der Waals surface area contributed by atoms with Crippen molar-refractivity contribution in [1.29, 1.82) is 0 Å². The van der Waals surface area contributed by atoms with E-state index >= 15 is 0 Å². The van der Waals surface area contributed by atoms with Gasteiger partial charge in [0.1, 0.15) is 5.69 Å². The lowest BCUT2D eigenvalue weighted by Crippen LogP contribution is -2.23. The zero-order valence-electron chi connectivity index (χ0n) is 12.8. The van der Waals surface area contributed by atoms with E-state index in [0.29, 0.717) is 4.52 Å². The van der Waals surface area contributed by atoms with Gasteiger partial charge in [0, 0.05) is 37.1 Å². The number of rotatable bonds is 3. The first kappa shape index (κ1) is 16.0. The number of halogens is 3. The van der Waals surface area contributed by atoms with Crippen molar-refractivity contribution in [3.63, 3.8) is 0 Å². The number of amides is 1. The Morgan fingerprint density at radius 3 is 2.71 bits per heavy atom. The van der Waals surface area contributed by atoms with Gasteiger partial charge in [-0.25, -0.2) is 9.50 Å². The second-order valence-corrected chi connectivity index (χ2v) is 5.29. The first-order chi connectivity index (χ1) is 11.2. The molecule has 1 N–H and O–H groups in total. The standard InChI is InChI=1S/C14H13F3N6O/c1-8-3-11(14(15,16)17)23-12(20-8)4-10(21-23)13(24)18-5-9-6-19-22(2)7-9/h3-4,6-7H,5H2,1-2H3,(H,18,24). The Morgan fingerprint density at radius 1 is 1.33 bits per heavy atom. The quantitative estimate of drug-likeness (QED) is 0.789. The summed E-state index contributed by atoms with van der Waals surface area (Å²) in [7, 11) is 1.74. The molecule has 0 aliphatic rings. The van der Waals surface area contributed by atoms with Gasteiger partial charge >= 0.3 is 6.18 Å². The Hall–Kier alpha value is -2.91. The van der Waals surface area contributed by atoms with Crippen LogP contribution in [0.25, 0.3) is 5.65 Å². The molecule has 0 spiro atoms. The number of nitrogens with one attached hydrogen (secondary N) is 1. The third kappa shape index (κ3) is 3.07. The van der Waals surface area contributed by atoms with Crippen LogP contribution in [-0.4, -0.2) is 30.3 Å². The number of aromatic nitrogens is 5. The molecule has 3 aromatic rings. The van der Waals surface area contributed by atoms with Gasteiger partial charge in [0.15, 0.2) is 11.3 Å². The number of hydrogen-bond acceptors (Lipinski definition) is 4. The maximum atomic E-state index is 13.1. The molecule has 3 rings (SSSR count). The van der Waals surface area contributed by atoms with Crippen LogP contribution in [0, 0.1) is 6.92 Å². The summed E-state index contributed by atoms with van der Waals surface area (Å²) >= 11 is 0. The molecule has 0 aliphatic carbocycles. The number of nitrogens with zero attached hydrogens (tertiary/aromatic N) is 5. The van der Waals surface area contributed by atoms with E-state index in [0.717, 1.165) is 11.6 Å². The highest BCUT2D eigenvalue weighted by Gasteiger charge is 2.35. The van der Waals surface area contributed by atoms with Gasteiger partial charge in [0.05, 0.1) is 6.20 Å². The molecular weight excluding hydrogens is 325 g/mol. The van der Waals surface area contributed by atoms with E-state index < -0.39 is 17.8 Å². The van der Waals surface area contributed by atoms with Crippen molar-refractivity contribution in [3.8, 4) is 0 Å². The van der Waals surface area contributed by atoms with E-state index in [1.54, 1.807) is 24.1 Å². The van der Waals surface area contributed by atoms with Gasteiger partial charge in [-0.05, 0) is 13.0 Å². The molecule has 7 nitrogen and oxygen atoms in total. The average molecular weight is 338 g/mol. The molecule has 0 bridgehead atoms. The summed E-state index contributed by atoms with van der Waals surface area (Å²) in [5, 5.41) is 10.3. The number of alkyl halides is 3. The van der Waals surface area contributed by atoms with Gasteiger partial charge in [-0.3, -0.25) is 9.48 Å². The first-order valence-electron chi connectivity index (χ1n) is 6.94. The van der Waals surface area contributed by atoms with Gasteiger partial charge in [0.2, 0.25) is 0 Å². The maximum Gasteiger partial charge on any atom is 0.433 e. The van der Waals surface area contributed by atoms with E-state index in [2.05, 4.69) is 20.5 Å². The van der Waals surface area contributed by atoms with Gasteiger partial charge in [0.25, 0.3) is 5.91 Å². The monoisotopic (exact) mass is 338 g/mol. The van der Waals surface area contributed by atoms with E-state index in [1.165, 1.54) is 13.0 Å². The van der Waals surface area contributed by atoms with Crippen molar-refractivity contribution in [2.75, 3.05) is 0 Å². The molecule has 0 saturated heterocycles. The normalized spacial score (nSPS) is 11.9. The minimum Gasteiger partial charge on any atom is -0.346 e. The highest BCUT2D eigenvalue weighted by molar-refractivity contribution is 5.93. The number of fused-ring (bicyclic) bond motifs is 1. The molecule has 0 aliphatic heterocycles. The third-order valence-corrected chi connectivity index (χ3v) is 3.29. The summed E-state index contributed by atoms with van der Waals surface area (Å²) in [6.45, 7) is 1.64. The first-order valence-corrected chi connectivity index (χ1v) is 6.94. The number of carbonyl (C=O) groups excluding carboxylic acids is 1. The number of aryl methyl sites for hydroxylation is 2. The molecule has 3 aromatic heterocycles. The third-order valence-electron chi connectivity index (χ3n) is 3.29. The molecule has 10 heteroatoms. The Kier molecular flexibility index (Phi) is 3.74. The van der Waals surface area contributed by atoms with Crippen molar-refractivity contribution in [3.05, 3.63) is 47.2 Å². The summed E-state index contributed by atoms with van der Waals surface area (Å²) in [5.74, 6) is -0.588. The van der Waals surface area contributed by atoms with Crippen molar-refractivity contribution >= 4 is 11.6 Å². The minimum atomic E-state index is -4.60. The predicted molar refractivity (Wildman–Crippen MR) is 77.1 cm³/mol. The van der Waals surface area contributed by atoms with Crippen LogP contribution in [0.15, 0.2) is 24.5 Å². The van der Waals surface area contributed by atoms with Crippen LogP contribution in [0.1, 0.15) is 27.4 Å². The number of carbonyl (C=O) groups is 1. The lowest BCUT2D eigenvalue weighted by Gasteiger charge is -2.09. The molecule has 0 aromatic carbocycles. The summed E-state index contributed by atoms with van der Waals surface area (Å²) in [5.41, 5.74) is -0.191. The van der Waals surface area contributed by atoms with Crippen LogP contribution >= 0.6 is 0 Å². The fraction of sp³-hybridized carbons (Fsp3) is 0.286. The highest BCUT2D eigenvalue weighted by Crippen LogP contribution is 2.29. The molecule has 0 unspecified atom stereocenters. The summed E-state index contributed by atoms with van der Waals surface area (Å²) in [4.78, 5) is 16.1. The maximum absolute atomic E-state index is 13.1. The fourth-order valence-electron chi connectivity index (χ4n) is 2.25. The van der Waals surface area contributed by atoms with Crippen LogP contribution in [0.5, 0.6) is 0 Å². The number of hydrogen-bond donors (Lipinski definition) is 1. The summed E-state index contributed by atoms with van der Waals surface area (Å²) in [6.07, 6.45) is -1.30. The van der Waals surface area contributed by atoms with Crippen molar-refractivity contribution in [2.45, 2.75) is 19.6 Å². The average Bonchev–Trinajstić information content (AvgIpc) is 3.08. The van der Waals surface area contributed by atoms with Crippen molar-refractivity contribution in [1.82, 2.24) is 29.7 Å². The summed E-state index contributed by atoms with van der Waals surface area (Å²) < 4.78 is 41.5. The lowest BCUT2D eigenvalue weighted by atomic mass is 10.3. The molecule has 1 amide bonds. The largest absolute Gasteiger partial charge is 0.433 e. The highest BCUT2D eigenvalue weighted by atomic mass is 19.4. The molecule has 24 heavy (non-hydrogen) atoms. The Morgan fingerprint density at radius 2 is 2.08 bits per heavy atom. The Balaban J connectivity index is 1.88. The van der Waals surface area contributed by atoms with Crippen LogP contribution in [-0.2, 0) is 19.8 Å². The summed E-state index contributed by atoms with van der Waals surface area (Å²) in [6, 6.07) is 2.11. The molecular formula is C14H13F3N6O. The zero-order valence-corrected chi connectivity index (χ0v) is 12.8. The van der Waals surface area contributed by atoms with Gasteiger partial charge in [-0.2, -0.15) is 23.4 Å². The fourth-order valence-corrected chi connectivity index (χ4v) is 2.25. The van der Waals surface area contributed by atoms with E-state index in [1.807, 2.05) is 0 Å².